The van der Waals surface area contributed by atoms with Crippen molar-refractivity contribution >= 4 is 26.0 Å². The van der Waals surface area contributed by atoms with E-state index in [0.29, 0.717) is 0 Å². The maximum atomic E-state index is 12.7. The Morgan fingerprint density at radius 2 is 0.831 bits per heavy atom. The third kappa shape index (κ3) is 13.2. The summed E-state index contributed by atoms with van der Waals surface area (Å²) in [5.41, 5.74) is 5.80. The Labute approximate surface area is 424 Å². The van der Waals surface area contributed by atoms with Gasteiger partial charge in [-0.05, 0) is 99.6 Å². The van der Waals surface area contributed by atoms with Crippen molar-refractivity contribution in [2.75, 3.05) is 38.3 Å². The fourth-order valence-corrected chi connectivity index (χ4v) is 11.2. The molecule has 0 bridgehead atoms. The lowest BCUT2D eigenvalue weighted by Gasteiger charge is -2.47. The first-order chi connectivity index (χ1) is 34.2. The van der Waals surface area contributed by atoms with E-state index >= 15 is 0 Å². The minimum atomic E-state index is -3.37. The number of hydrogen-bond donors (Lipinski definition) is 1. The van der Waals surface area contributed by atoms with E-state index in [0.717, 1.165) is 75.0 Å². The molecular weight excluding hydrogens is 925 g/mol. The van der Waals surface area contributed by atoms with E-state index in [4.69, 9.17) is 4.74 Å². The summed E-state index contributed by atoms with van der Waals surface area (Å²) >= 11 is 0. The number of ether oxygens (including phenoxy) is 1. The van der Waals surface area contributed by atoms with Crippen molar-refractivity contribution in [1.82, 2.24) is 9.80 Å². The molecule has 0 aliphatic carbocycles. The van der Waals surface area contributed by atoms with Crippen LogP contribution in [-0.4, -0.2) is 105 Å². The monoisotopic (exact) mass is 998 g/mol. The van der Waals surface area contributed by atoms with Crippen LogP contribution in [0.4, 0.5) is 0 Å². The second-order valence-electron chi connectivity index (χ2n) is 19.2. The van der Waals surface area contributed by atoms with Crippen LogP contribution in [0.2, 0.25) is 0 Å². The lowest BCUT2D eigenvalue weighted by atomic mass is 9.75. The average molecular weight is 999 g/mol. The molecule has 3 aliphatic heterocycles. The van der Waals surface area contributed by atoms with Crippen LogP contribution in [0.5, 0.6) is 0 Å². The predicted octanol–water partition coefficient (Wildman–Crippen LogP) is 10.5. The molecule has 6 aromatic carbocycles. The van der Waals surface area contributed by atoms with Gasteiger partial charge in [0, 0.05) is 38.6 Å². The number of sulfone groups is 2. The van der Waals surface area contributed by atoms with Crippen LogP contribution in [-0.2, 0) is 40.3 Å². The number of carbonyl (C=O) groups excluding carboxylic acids is 1. The number of likely N-dealkylation sites (tertiary alicyclic amines) is 2. The molecule has 9 nitrogen and oxygen atoms in total. The number of carbonyl (C=O) groups is 1. The average Bonchev–Trinajstić information content (AvgIpc) is 4.23. The maximum Gasteiger partial charge on any atom is 0.155 e. The molecule has 0 unspecified atom stereocenters. The summed E-state index contributed by atoms with van der Waals surface area (Å²) in [6, 6.07) is 62.5. The van der Waals surface area contributed by atoms with Gasteiger partial charge in [-0.3, -0.25) is 9.80 Å². The number of benzene rings is 6. The van der Waals surface area contributed by atoms with Gasteiger partial charge in [0.15, 0.2) is 9.84 Å². The summed E-state index contributed by atoms with van der Waals surface area (Å²) in [5, 5.41) is 10.5. The molecule has 3 atom stereocenters. The Bertz CT molecular complexity index is 2510. The summed E-state index contributed by atoms with van der Waals surface area (Å²) in [5.74, 6) is -0.222. The smallest absolute Gasteiger partial charge is 0.155 e. The van der Waals surface area contributed by atoms with Crippen molar-refractivity contribution in [3.8, 4) is 0 Å². The van der Waals surface area contributed by atoms with Crippen LogP contribution < -0.4 is 0 Å². The lowest BCUT2D eigenvalue weighted by Crippen LogP contribution is -2.55. The Hall–Kier alpha value is -5.27. The van der Waals surface area contributed by atoms with Gasteiger partial charge in [-0.1, -0.05) is 182 Å². The Kier molecular flexibility index (Phi) is 20.1. The third-order valence-electron chi connectivity index (χ3n) is 14.0. The highest BCUT2D eigenvalue weighted by molar-refractivity contribution is 7.92. The van der Waals surface area contributed by atoms with E-state index in [1.54, 1.807) is 27.7 Å². The molecule has 3 fully saturated rings. The summed E-state index contributed by atoms with van der Waals surface area (Å²) in [6.07, 6.45) is 7.56. The molecule has 1 N–H and O–H groups in total. The van der Waals surface area contributed by atoms with Crippen LogP contribution in [0.1, 0.15) is 99.6 Å². The van der Waals surface area contributed by atoms with Gasteiger partial charge in [0.05, 0.1) is 39.5 Å². The minimum absolute atomic E-state index is 0.0735. The summed E-state index contributed by atoms with van der Waals surface area (Å²) < 4.78 is 51.0. The number of rotatable bonds is 14. The van der Waals surface area contributed by atoms with E-state index in [2.05, 4.69) is 119 Å². The molecule has 378 valence electrons. The van der Waals surface area contributed by atoms with Crippen LogP contribution in [0.25, 0.3) is 0 Å². The topological polar surface area (TPSA) is 121 Å². The van der Waals surface area contributed by atoms with Crippen molar-refractivity contribution in [3.05, 3.63) is 215 Å². The Balaban J connectivity index is 0.000000191. The normalized spacial score (nSPS) is 18.1. The molecule has 3 aliphatic rings. The molecule has 0 aromatic heterocycles. The van der Waals surface area contributed by atoms with E-state index in [1.165, 1.54) is 35.8 Å². The molecule has 11 heteroatoms. The highest BCUT2D eigenvalue weighted by Gasteiger charge is 2.49. The van der Waals surface area contributed by atoms with Gasteiger partial charge in [0.1, 0.15) is 16.1 Å². The maximum absolute atomic E-state index is 12.7. The highest BCUT2D eigenvalue weighted by Crippen LogP contribution is 2.47. The van der Waals surface area contributed by atoms with Gasteiger partial charge in [0.2, 0.25) is 0 Å². The van der Waals surface area contributed by atoms with E-state index in [1.807, 2.05) is 72.8 Å². The van der Waals surface area contributed by atoms with Crippen LogP contribution in [0.3, 0.4) is 0 Å². The second-order valence-corrected chi connectivity index (χ2v) is 24.4. The quantitative estimate of drug-likeness (QED) is 0.0840. The first-order valence-electron chi connectivity index (χ1n) is 25.2. The zero-order chi connectivity index (χ0) is 50.9. The molecular formula is C60H74N2O7S2. The summed E-state index contributed by atoms with van der Waals surface area (Å²) in [6.45, 7) is 10.3. The third-order valence-corrected chi connectivity index (χ3v) is 18.0. The Morgan fingerprint density at radius 1 is 0.521 bits per heavy atom. The molecule has 3 heterocycles. The molecule has 0 radical (unpaired) electrons. The van der Waals surface area contributed by atoms with Crippen molar-refractivity contribution in [2.24, 2.45) is 0 Å². The second kappa shape index (κ2) is 25.9. The number of hydrogen-bond acceptors (Lipinski definition) is 9. The van der Waals surface area contributed by atoms with Gasteiger partial charge >= 0.3 is 0 Å². The highest BCUT2D eigenvalue weighted by atomic mass is 32.2. The molecule has 6 aromatic rings. The molecule has 0 saturated carbocycles. The lowest BCUT2D eigenvalue weighted by molar-refractivity contribution is -0.112. The summed E-state index contributed by atoms with van der Waals surface area (Å²) in [4.78, 5) is 16.6. The van der Waals surface area contributed by atoms with Crippen LogP contribution in [0, 0.1) is 0 Å². The van der Waals surface area contributed by atoms with Gasteiger partial charge in [0.25, 0.3) is 0 Å². The van der Waals surface area contributed by atoms with Gasteiger partial charge in [-0.15, -0.1) is 0 Å². The molecule has 0 amide bonds. The number of aliphatic hydroxyl groups is 1. The minimum Gasteiger partial charge on any atom is -0.390 e. The molecule has 0 spiro atoms. The Morgan fingerprint density at radius 3 is 1.11 bits per heavy atom. The number of aliphatic hydroxyl groups excluding tert-OH is 1. The van der Waals surface area contributed by atoms with Crippen molar-refractivity contribution in [1.29, 1.82) is 0 Å². The van der Waals surface area contributed by atoms with Crippen molar-refractivity contribution < 1.29 is 31.5 Å². The van der Waals surface area contributed by atoms with E-state index in [9.17, 15) is 26.7 Å². The number of nitrogens with zero attached hydrogens (tertiary/aromatic N) is 2. The molecule has 9 rings (SSSR count). The molecule has 3 saturated heterocycles. The first kappa shape index (κ1) is 55.1. The first-order valence-corrected chi connectivity index (χ1v) is 28.8. The van der Waals surface area contributed by atoms with Crippen LogP contribution in [0.15, 0.2) is 182 Å². The zero-order valence-corrected chi connectivity index (χ0v) is 43.8. The standard InChI is InChI=1S/C28H33NO3S.C24H23NO.C4H10O2S.C4H8O/c1-22(2)33(31,32)21-27(30)26-19-12-20-29(26)28(23-13-6-3-7-14-23,24-15-8-4-9-16-24)25-17-10-5-11-18-25;26-19-23-17-10-18-25(23)24(20-11-4-1-5-12-20,21-13-6-2-7-14-21)22-15-8-3-9-16-22;1-4(2)7(3,5)6;1-2-4-5-3-1/h3-11,13-18,22,26-27,30H,12,19-21H2,1-2H3;1-9,11-16,19,23H,10,17-18H2;4H,1-3H3;1-4H2/t26-,27+;23-;;/m11../s1. The summed E-state index contributed by atoms with van der Waals surface area (Å²) in [7, 11) is -6.12. The van der Waals surface area contributed by atoms with Crippen molar-refractivity contribution in [3.63, 3.8) is 0 Å². The molecule has 71 heavy (non-hydrogen) atoms. The van der Waals surface area contributed by atoms with E-state index < -0.39 is 42.1 Å². The van der Waals surface area contributed by atoms with Crippen LogP contribution >= 0.6 is 0 Å². The van der Waals surface area contributed by atoms with E-state index in [-0.39, 0.29) is 23.1 Å². The van der Waals surface area contributed by atoms with Gasteiger partial charge in [-0.2, -0.15) is 0 Å². The van der Waals surface area contributed by atoms with Gasteiger partial charge < -0.3 is 14.6 Å². The number of aldehydes is 1. The fourth-order valence-electron chi connectivity index (χ4n) is 10.1. The zero-order valence-electron chi connectivity index (χ0n) is 42.2. The predicted molar refractivity (Wildman–Crippen MR) is 289 cm³/mol. The fraction of sp³-hybridized carbons (Fsp3) is 0.383. The van der Waals surface area contributed by atoms with Crippen molar-refractivity contribution in [2.45, 2.75) is 106 Å². The van der Waals surface area contributed by atoms with Gasteiger partial charge in [-0.25, -0.2) is 16.8 Å². The largest absolute Gasteiger partial charge is 0.390 e. The SMILES string of the molecule is C1CCOC1.CC(C)S(=O)(=O)C[C@H](O)[C@H]1CCCN1C(c1ccccc1)(c1ccccc1)c1ccccc1.CC(C)S(C)(=O)=O.O=C[C@H]1CCCN1C(c1ccccc1)(c1ccccc1)c1ccccc1.